The van der Waals surface area contributed by atoms with Crippen molar-refractivity contribution in [1.82, 2.24) is 0 Å². The average molecular weight is 250 g/mol. The van der Waals surface area contributed by atoms with Crippen molar-refractivity contribution in [1.29, 1.82) is 0 Å². The standard InChI is InChI=1S/C14H22N2O2/c1-10(2)18-14-8-11(5-6-13(14)15)16-7-3-4-12(17)9-16/h5-6,8,10,12,17H,3-4,7,9,15H2,1-2H3. The minimum atomic E-state index is -0.231. The summed E-state index contributed by atoms with van der Waals surface area (Å²) in [5, 5.41) is 9.71. The third-order valence-electron chi connectivity index (χ3n) is 3.12. The maximum atomic E-state index is 9.71. The van der Waals surface area contributed by atoms with Crippen molar-refractivity contribution in [2.75, 3.05) is 23.7 Å². The molecule has 1 saturated heterocycles. The third-order valence-corrected chi connectivity index (χ3v) is 3.12. The zero-order valence-electron chi connectivity index (χ0n) is 11.1. The summed E-state index contributed by atoms with van der Waals surface area (Å²) < 4.78 is 5.69. The zero-order chi connectivity index (χ0) is 13.1. The Kier molecular flexibility index (Phi) is 3.97. The number of ether oxygens (including phenoxy) is 1. The molecule has 1 atom stereocenters. The average Bonchev–Trinajstić information content (AvgIpc) is 2.31. The molecule has 3 N–H and O–H groups in total. The summed E-state index contributed by atoms with van der Waals surface area (Å²) in [7, 11) is 0. The molecule has 1 aliphatic rings. The minimum absolute atomic E-state index is 0.106. The summed E-state index contributed by atoms with van der Waals surface area (Å²) in [6.45, 7) is 5.63. The van der Waals surface area contributed by atoms with E-state index in [1.54, 1.807) is 0 Å². The molecule has 0 bridgehead atoms. The predicted octanol–water partition coefficient (Wildman–Crippen LogP) is 2.02. The van der Waals surface area contributed by atoms with Crippen LogP contribution in [0.5, 0.6) is 5.75 Å². The first-order chi connectivity index (χ1) is 8.56. The summed E-state index contributed by atoms with van der Waals surface area (Å²) >= 11 is 0. The molecule has 18 heavy (non-hydrogen) atoms. The van der Waals surface area contributed by atoms with Crippen molar-refractivity contribution in [3.63, 3.8) is 0 Å². The largest absolute Gasteiger partial charge is 0.489 e. The Hall–Kier alpha value is -1.42. The molecule has 4 nitrogen and oxygen atoms in total. The van der Waals surface area contributed by atoms with E-state index >= 15 is 0 Å². The lowest BCUT2D eigenvalue weighted by molar-refractivity contribution is 0.154. The first kappa shape index (κ1) is 13.0. The number of anilines is 2. The Morgan fingerprint density at radius 1 is 1.44 bits per heavy atom. The molecule has 1 unspecified atom stereocenters. The van der Waals surface area contributed by atoms with Gasteiger partial charge in [0.2, 0.25) is 0 Å². The van der Waals surface area contributed by atoms with Gasteiger partial charge in [0.15, 0.2) is 0 Å². The van der Waals surface area contributed by atoms with Gasteiger partial charge in [0, 0.05) is 24.8 Å². The van der Waals surface area contributed by atoms with Crippen LogP contribution in [0.2, 0.25) is 0 Å². The summed E-state index contributed by atoms with van der Waals surface area (Å²) in [6, 6.07) is 5.82. The Morgan fingerprint density at radius 2 is 2.22 bits per heavy atom. The van der Waals surface area contributed by atoms with Gasteiger partial charge in [0.1, 0.15) is 5.75 Å². The smallest absolute Gasteiger partial charge is 0.144 e. The molecule has 0 aliphatic carbocycles. The van der Waals surface area contributed by atoms with E-state index in [2.05, 4.69) is 4.90 Å². The van der Waals surface area contributed by atoms with Crippen LogP contribution in [0.4, 0.5) is 11.4 Å². The first-order valence-corrected chi connectivity index (χ1v) is 6.55. The van der Waals surface area contributed by atoms with Crippen molar-refractivity contribution in [3.8, 4) is 5.75 Å². The van der Waals surface area contributed by atoms with Crippen LogP contribution in [0.15, 0.2) is 18.2 Å². The normalized spacial score (nSPS) is 20.2. The minimum Gasteiger partial charge on any atom is -0.489 e. The molecule has 1 aromatic carbocycles. The van der Waals surface area contributed by atoms with E-state index in [4.69, 9.17) is 10.5 Å². The van der Waals surface area contributed by atoms with Crippen LogP contribution in [-0.4, -0.2) is 30.4 Å². The number of rotatable bonds is 3. The Labute approximate surface area is 108 Å². The Balaban J connectivity index is 2.17. The summed E-state index contributed by atoms with van der Waals surface area (Å²) in [5.41, 5.74) is 7.63. The van der Waals surface area contributed by atoms with E-state index in [1.807, 2.05) is 32.0 Å². The van der Waals surface area contributed by atoms with Crippen LogP contribution in [0.1, 0.15) is 26.7 Å². The predicted molar refractivity (Wildman–Crippen MR) is 74.1 cm³/mol. The van der Waals surface area contributed by atoms with E-state index in [1.165, 1.54) is 0 Å². The Morgan fingerprint density at radius 3 is 2.89 bits per heavy atom. The SMILES string of the molecule is CC(C)Oc1cc(N2CCCC(O)C2)ccc1N. The van der Waals surface area contributed by atoms with E-state index < -0.39 is 0 Å². The number of aliphatic hydroxyl groups is 1. The highest BCUT2D eigenvalue weighted by Crippen LogP contribution is 2.30. The molecule has 0 amide bonds. The van der Waals surface area contributed by atoms with Crippen molar-refractivity contribution < 1.29 is 9.84 Å². The molecule has 0 radical (unpaired) electrons. The van der Waals surface area contributed by atoms with Crippen LogP contribution in [0.3, 0.4) is 0 Å². The molecular formula is C14H22N2O2. The number of piperidine rings is 1. The van der Waals surface area contributed by atoms with Gasteiger partial charge >= 0.3 is 0 Å². The van der Waals surface area contributed by atoms with E-state index in [-0.39, 0.29) is 12.2 Å². The number of aliphatic hydroxyl groups excluding tert-OH is 1. The van der Waals surface area contributed by atoms with Gasteiger partial charge in [0.25, 0.3) is 0 Å². The Bertz CT molecular complexity index is 407. The second-order valence-electron chi connectivity index (χ2n) is 5.13. The van der Waals surface area contributed by atoms with Crippen LogP contribution < -0.4 is 15.4 Å². The molecule has 1 aromatic rings. The molecule has 1 fully saturated rings. The molecule has 0 saturated carbocycles. The lowest BCUT2D eigenvalue weighted by atomic mass is 10.1. The second kappa shape index (κ2) is 5.48. The van der Waals surface area contributed by atoms with Gasteiger partial charge in [0.05, 0.1) is 17.9 Å². The van der Waals surface area contributed by atoms with Gasteiger partial charge in [-0.25, -0.2) is 0 Å². The van der Waals surface area contributed by atoms with Crippen molar-refractivity contribution >= 4 is 11.4 Å². The molecule has 1 heterocycles. The number of hydrogen-bond acceptors (Lipinski definition) is 4. The molecular weight excluding hydrogens is 228 g/mol. The first-order valence-electron chi connectivity index (χ1n) is 6.55. The highest BCUT2D eigenvalue weighted by Gasteiger charge is 2.18. The summed E-state index contributed by atoms with van der Waals surface area (Å²) in [5.74, 6) is 0.725. The molecule has 100 valence electrons. The number of nitrogens with zero attached hydrogens (tertiary/aromatic N) is 1. The topological polar surface area (TPSA) is 58.7 Å². The van der Waals surface area contributed by atoms with Gasteiger partial charge in [-0.2, -0.15) is 0 Å². The quantitative estimate of drug-likeness (QED) is 0.806. The maximum absolute atomic E-state index is 9.71. The fourth-order valence-electron chi connectivity index (χ4n) is 2.26. The number of hydrogen-bond donors (Lipinski definition) is 2. The van der Waals surface area contributed by atoms with Crippen molar-refractivity contribution in [3.05, 3.63) is 18.2 Å². The third kappa shape index (κ3) is 3.07. The molecule has 0 spiro atoms. The fraction of sp³-hybridized carbons (Fsp3) is 0.571. The van der Waals surface area contributed by atoms with Crippen LogP contribution in [0, 0.1) is 0 Å². The number of β-amino-alcohol motifs (C(OH)–C–C–N with tert-alkyl or cyclic N) is 1. The summed E-state index contributed by atoms with van der Waals surface area (Å²) in [4.78, 5) is 2.18. The highest BCUT2D eigenvalue weighted by molar-refractivity contribution is 5.62. The van der Waals surface area contributed by atoms with Crippen LogP contribution >= 0.6 is 0 Å². The number of benzene rings is 1. The maximum Gasteiger partial charge on any atom is 0.144 e. The summed E-state index contributed by atoms with van der Waals surface area (Å²) in [6.07, 6.45) is 1.78. The lowest BCUT2D eigenvalue weighted by Crippen LogP contribution is -2.38. The van der Waals surface area contributed by atoms with Crippen molar-refractivity contribution in [2.45, 2.75) is 38.9 Å². The van der Waals surface area contributed by atoms with Gasteiger partial charge in [-0.1, -0.05) is 0 Å². The number of nitrogen functional groups attached to an aromatic ring is 1. The molecule has 2 rings (SSSR count). The van der Waals surface area contributed by atoms with Gasteiger partial charge in [-0.15, -0.1) is 0 Å². The van der Waals surface area contributed by atoms with Gasteiger partial charge in [-0.05, 0) is 38.8 Å². The van der Waals surface area contributed by atoms with Crippen LogP contribution in [0.25, 0.3) is 0 Å². The lowest BCUT2D eigenvalue weighted by Gasteiger charge is -2.32. The van der Waals surface area contributed by atoms with Gasteiger partial charge in [-0.3, -0.25) is 0 Å². The monoisotopic (exact) mass is 250 g/mol. The molecule has 0 aromatic heterocycles. The number of nitrogens with two attached hydrogens (primary N) is 1. The second-order valence-corrected chi connectivity index (χ2v) is 5.13. The highest BCUT2D eigenvalue weighted by atomic mass is 16.5. The van der Waals surface area contributed by atoms with Crippen molar-refractivity contribution in [2.24, 2.45) is 0 Å². The van der Waals surface area contributed by atoms with E-state index in [0.717, 1.165) is 30.8 Å². The fourth-order valence-corrected chi connectivity index (χ4v) is 2.26. The van der Waals surface area contributed by atoms with E-state index in [0.29, 0.717) is 12.2 Å². The molecule has 4 heteroatoms. The van der Waals surface area contributed by atoms with E-state index in [9.17, 15) is 5.11 Å². The molecule has 1 aliphatic heterocycles. The van der Waals surface area contributed by atoms with Crippen LogP contribution in [-0.2, 0) is 0 Å². The zero-order valence-corrected chi connectivity index (χ0v) is 11.1. The van der Waals surface area contributed by atoms with Gasteiger partial charge < -0.3 is 20.5 Å².